The largest absolute Gasteiger partial charge is 0.380 e. The minimum Gasteiger partial charge on any atom is -0.380 e. The first-order chi connectivity index (χ1) is 26.7. The molecule has 55 heavy (non-hydrogen) atoms. The maximum atomic E-state index is 14.3. The topological polar surface area (TPSA) is 125 Å². The van der Waals surface area contributed by atoms with Gasteiger partial charge >= 0.3 is 0 Å². The minimum absolute atomic E-state index is 0.0959. The van der Waals surface area contributed by atoms with Crippen LogP contribution in [-0.4, -0.2) is 105 Å². The summed E-state index contributed by atoms with van der Waals surface area (Å²) in [6, 6.07) is 7.28. The molecule has 0 bridgehead atoms. The van der Waals surface area contributed by atoms with Gasteiger partial charge in [-0.25, -0.2) is 13.5 Å². The van der Waals surface area contributed by atoms with Crippen LogP contribution in [0.3, 0.4) is 0 Å². The summed E-state index contributed by atoms with van der Waals surface area (Å²) in [5.41, 5.74) is 2.83. The number of nitrogens with zero attached hydrogens (tertiary/aromatic N) is 8. The Morgan fingerprint density at radius 2 is 1.84 bits per heavy atom. The standard InChI is InChI=1S/C40H47F2N9O4/c1-26-36-28(4-2-6-31(36)50(45-26)32-11-12-34(52)44-39(32)53)5-3-19-55-30-14-17-47(18-15-30)20-27-7-9-29(10-8-27)49-21-33(37(46-49)38(41)42)51-35(13-16-43-51)48-22-40(23-48)24-54-25-40/h2,4,6,13,16,21,27,29-30,32,38H,7-12,14-15,17-20,22-25H2,1H3,(H,44,52,53). The Kier molecular flexibility index (Phi) is 9.68. The molecule has 4 saturated heterocycles. The second-order valence-corrected chi connectivity index (χ2v) is 16.1. The number of fused-ring (bicyclic) bond motifs is 1. The van der Waals surface area contributed by atoms with E-state index in [1.54, 1.807) is 26.4 Å². The van der Waals surface area contributed by atoms with E-state index < -0.39 is 12.5 Å². The number of alkyl halides is 2. The molecular formula is C40H47F2N9O4. The van der Waals surface area contributed by atoms with Gasteiger partial charge < -0.3 is 19.3 Å². The van der Waals surface area contributed by atoms with Gasteiger partial charge in [0.25, 0.3) is 12.3 Å². The van der Waals surface area contributed by atoms with Crippen molar-refractivity contribution in [1.29, 1.82) is 0 Å². The molecule has 1 saturated carbocycles. The first kappa shape index (κ1) is 36.0. The number of imide groups is 1. The molecule has 1 unspecified atom stereocenters. The number of carbonyl (C=O) groups excluding carboxylic acids is 2. The lowest BCUT2D eigenvalue weighted by molar-refractivity contribution is -0.135. The Morgan fingerprint density at radius 3 is 2.56 bits per heavy atom. The lowest BCUT2D eigenvalue weighted by atomic mass is 9.78. The van der Waals surface area contributed by atoms with Crippen molar-refractivity contribution in [1.82, 2.24) is 39.6 Å². The molecule has 1 aliphatic carbocycles. The molecule has 13 nitrogen and oxygen atoms in total. The van der Waals surface area contributed by atoms with Gasteiger partial charge in [-0.15, -0.1) is 0 Å². The van der Waals surface area contributed by atoms with E-state index in [0.29, 0.717) is 31.1 Å². The molecule has 3 aromatic heterocycles. The number of carbonyl (C=O) groups is 2. The Morgan fingerprint density at radius 1 is 1.04 bits per heavy atom. The van der Waals surface area contributed by atoms with Crippen molar-refractivity contribution in [3.8, 4) is 17.5 Å². The third-order valence-electron chi connectivity index (χ3n) is 12.3. The number of hydrogen-bond donors (Lipinski definition) is 1. The van der Waals surface area contributed by atoms with E-state index in [4.69, 9.17) is 9.47 Å². The number of benzene rings is 1. The number of nitrogens with one attached hydrogen (secondary N) is 1. The van der Waals surface area contributed by atoms with Crippen molar-refractivity contribution in [2.45, 2.75) is 82.9 Å². The van der Waals surface area contributed by atoms with Crippen molar-refractivity contribution in [3.05, 3.63) is 53.6 Å². The summed E-state index contributed by atoms with van der Waals surface area (Å²) < 4.78 is 45.3. The van der Waals surface area contributed by atoms with Crippen LogP contribution in [0.15, 0.2) is 36.7 Å². The van der Waals surface area contributed by atoms with E-state index >= 15 is 0 Å². The van der Waals surface area contributed by atoms with E-state index in [9.17, 15) is 18.4 Å². The summed E-state index contributed by atoms with van der Waals surface area (Å²) in [4.78, 5) is 28.9. The molecule has 15 heteroatoms. The fourth-order valence-electron chi connectivity index (χ4n) is 9.26. The average Bonchev–Trinajstić information content (AvgIpc) is 3.88. The van der Waals surface area contributed by atoms with E-state index in [-0.39, 0.29) is 35.1 Å². The number of aromatic nitrogens is 6. The SMILES string of the molecule is Cc1nn(C2CCC(=O)NC2=O)c2cccc(C#CCOC3CCN(CC4CCC(n5cc(-n6nccc6N6CC7(COC7)C6)c(C(F)F)n5)CC4)CC3)c12. The summed E-state index contributed by atoms with van der Waals surface area (Å²) in [5.74, 6) is 7.30. The van der Waals surface area contributed by atoms with E-state index in [1.807, 2.05) is 31.2 Å². The summed E-state index contributed by atoms with van der Waals surface area (Å²) in [5, 5.41) is 16.9. The fraction of sp³-hybridized carbons (Fsp3) is 0.575. The first-order valence-corrected chi connectivity index (χ1v) is 19.6. The molecule has 7 heterocycles. The maximum absolute atomic E-state index is 14.3. The molecule has 2 amide bonds. The maximum Gasteiger partial charge on any atom is 0.284 e. The number of halogens is 2. The molecule has 5 fully saturated rings. The van der Waals surface area contributed by atoms with Crippen molar-refractivity contribution in [3.63, 3.8) is 0 Å². The van der Waals surface area contributed by atoms with Crippen LogP contribution < -0.4 is 10.2 Å². The highest BCUT2D eigenvalue weighted by molar-refractivity contribution is 6.00. The highest BCUT2D eigenvalue weighted by Gasteiger charge is 2.50. The van der Waals surface area contributed by atoms with Gasteiger partial charge in [-0.2, -0.15) is 15.3 Å². The molecule has 4 aromatic rings. The van der Waals surface area contributed by atoms with E-state index in [1.165, 1.54) is 0 Å². The smallest absolute Gasteiger partial charge is 0.284 e. The zero-order chi connectivity index (χ0) is 37.7. The van der Waals surface area contributed by atoms with E-state index in [0.717, 1.165) is 112 Å². The third kappa shape index (κ3) is 7.04. The average molecular weight is 756 g/mol. The monoisotopic (exact) mass is 755 g/mol. The Bertz CT molecular complexity index is 2120. The molecular weight excluding hydrogens is 708 g/mol. The Hall–Kier alpha value is -4.65. The predicted octanol–water partition coefficient (Wildman–Crippen LogP) is 4.74. The second-order valence-electron chi connectivity index (χ2n) is 16.1. The van der Waals surface area contributed by atoms with Crippen LogP contribution in [0.1, 0.15) is 86.8 Å². The zero-order valence-electron chi connectivity index (χ0n) is 31.1. The summed E-state index contributed by atoms with van der Waals surface area (Å²) in [6.07, 6.45) is 7.48. The zero-order valence-corrected chi connectivity index (χ0v) is 31.1. The van der Waals surface area contributed by atoms with E-state index in [2.05, 4.69) is 42.3 Å². The molecule has 1 atom stereocenters. The highest BCUT2D eigenvalue weighted by Crippen LogP contribution is 2.42. The second kappa shape index (κ2) is 14.8. The molecule has 1 N–H and O–H groups in total. The first-order valence-electron chi connectivity index (χ1n) is 19.6. The Labute approximate surface area is 318 Å². The number of likely N-dealkylation sites (tertiary alicyclic amines) is 1. The van der Waals surface area contributed by atoms with Gasteiger partial charge in [0.05, 0.1) is 54.4 Å². The number of piperidine rings is 2. The quantitative estimate of drug-likeness (QED) is 0.191. The van der Waals surface area contributed by atoms with Crippen molar-refractivity contribution < 1.29 is 27.8 Å². The number of rotatable bonds is 9. The normalized spacial score (nSPS) is 24.5. The van der Waals surface area contributed by atoms with Crippen LogP contribution in [0.4, 0.5) is 14.6 Å². The van der Waals surface area contributed by atoms with Gasteiger partial charge in [0.2, 0.25) is 5.91 Å². The summed E-state index contributed by atoms with van der Waals surface area (Å²) >= 11 is 0. The lowest BCUT2D eigenvalue weighted by Crippen LogP contribution is -2.66. The van der Waals surface area contributed by atoms with Gasteiger partial charge in [0.15, 0.2) is 5.69 Å². The molecule has 290 valence electrons. The predicted molar refractivity (Wildman–Crippen MR) is 199 cm³/mol. The molecule has 0 radical (unpaired) electrons. The van der Waals surface area contributed by atoms with Crippen molar-refractivity contribution in [2.24, 2.45) is 11.3 Å². The van der Waals surface area contributed by atoms with Gasteiger partial charge in [-0.3, -0.25) is 24.3 Å². The Balaban J connectivity index is 0.743. The van der Waals surface area contributed by atoms with Gasteiger partial charge in [-0.1, -0.05) is 17.9 Å². The number of aryl methyl sites for hydroxylation is 1. The summed E-state index contributed by atoms with van der Waals surface area (Å²) in [6.45, 7) is 8.48. The van der Waals surface area contributed by atoms with Crippen molar-refractivity contribution >= 4 is 28.5 Å². The molecule has 9 rings (SSSR count). The van der Waals surface area contributed by atoms with Crippen LogP contribution in [-0.2, 0) is 19.1 Å². The highest BCUT2D eigenvalue weighted by atomic mass is 19.3. The lowest BCUT2D eigenvalue weighted by Gasteiger charge is -2.55. The third-order valence-corrected chi connectivity index (χ3v) is 12.3. The molecule has 5 aliphatic rings. The van der Waals surface area contributed by atoms with Gasteiger partial charge in [0.1, 0.15) is 24.2 Å². The van der Waals surface area contributed by atoms with Crippen LogP contribution >= 0.6 is 0 Å². The molecule has 1 aromatic carbocycles. The molecule has 1 spiro atoms. The molecule has 4 aliphatic heterocycles. The fourth-order valence-corrected chi connectivity index (χ4v) is 9.26. The number of amides is 2. The van der Waals surface area contributed by atoms with Gasteiger partial charge in [0, 0.05) is 56.2 Å². The summed E-state index contributed by atoms with van der Waals surface area (Å²) in [7, 11) is 0. The van der Waals surface area contributed by atoms with Crippen LogP contribution in [0.25, 0.3) is 16.6 Å². The van der Waals surface area contributed by atoms with Crippen LogP contribution in [0.2, 0.25) is 0 Å². The van der Waals surface area contributed by atoms with Crippen molar-refractivity contribution in [2.75, 3.05) is 57.4 Å². The minimum atomic E-state index is -2.69. The van der Waals surface area contributed by atoms with Crippen LogP contribution in [0, 0.1) is 30.1 Å². The number of anilines is 1. The number of ether oxygens (including phenoxy) is 2. The van der Waals surface area contributed by atoms with Crippen LogP contribution in [0.5, 0.6) is 0 Å². The number of hydrogen-bond acceptors (Lipinski definition) is 9. The van der Waals surface area contributed by atoms with Gasteiger partial charge in [-0.05, 0) is 69.9 Å².